The van der Waals surface area contributed by atoms with Crippen LogP contribution in [-0.2, 0) is 9.53 Å². The van der Waals surface area contributed by atoms with Crippen molar-refractivity contribution in [2.45, 2.75) is 19.1 Å². The minimum Gasteiger partial charge on any atom is -0.368 e. The molecule has 126 valence electrons. The van der Waals surface area contributed by atoms with E-state index in [0.717, 1.165) is 27.9 Å². The Labute approximate surface area is 156 Å². The first-order valence-electron chi connectivity index (χ1n) is 8.08. The molecular weight excluding hydrogens is 415 g/mol. The molecule has 2 unspecified atom stereocenters. The Kier molecular flexibility index (Phi) is 5.86. The number of ether oxygens (including phenoxy) is 1. The first-order chi connectivity index (χ1) is 11.6. The lowest BCUT2D eigenvalue weighted by molar-refractivity contribution is -0.122. The Morgan fingerprint density at radius 3 is 2.58 bits per heavy atom. The summed E-state index contributed by atoms with van der Waals surface area (Å²) in [5, 5.41) is 2.96. The van der Waals surface area contributed by atoms with Gasteiger partial charge in [-0.05, 0) is 59.3 Å². The summed E-state index contributed by atoms with van der Waals surface area (Å²) in [6, 6.07) is 18.0. The number of amides is 1. The number of nitrogens with one attached hydrogen (secondary N) is 1. The highest BCUT2D eigenvalue weighted by Gasteiger charge is 2.27. The summed E-state index contributed by atoms with van der Waals surface area (Å²) in [4.78, 5) is 14.5. The van der Waals surface area contributed by atoms with Crippen LogP contribution in [0.4, 0.5) is 5.69 Å². The van der Waals surface area contributed by atoms with Crippen molar-refractivity contribution in [1.29, 1.82) is 0 Å². The molecule has 5 heteroatoms. The van der Waals surface area contributed by atoms with Gasteiger partial charge in [0.15, 0.2) is 0 Å². The number of anilines is 1. The molecule has 0 spiro atoms. The van der Waals surface area contributed by atoms with E-state index >= 15 is 0 Å². The van der Waals surface area contributed by atoms with Gasteiger partial charge in [-0.25, -0.2) is 0 Å². The van der Waals surface area contributed by atoms with Crippen LogP contribution in [0.2, 0.25) is 0 Å². The van der Waals surface area contributed by atoms with E-state index in [-0.39, 0.29) is 18.1 Å². The van der Waals surface area contributed by atoms with Gasteiger partial charge in [-0.1, -0.05) is 30.3 Å². The third-order valence-corrected chi connectivity index (χ3v) is 4.72. The Morgan fingerprint density at radius 1 is 1.17 bits per heavy atom. The first kappa shape index (κ1) is 17.4. The molecule has 1 fully saturated rings. The Bertz CT molecular complexity index is 676. The summed E-state index contributed by atoms with van der Waals surface area (Å²) >= 11 is 2.25. The van der Waals surface area contributed by atoms with Crippen LogP contribution in [0.5, 0.6) is 0 Å². The number of hydrogen-bond acceptors (Lipinski definition) is 3. The van der Waals surface area contributed by atoms with Crippen molar-refractivity contribution >= 4 is 34.2 Å². The maximum atomic E-state index is 12.3. The van der Waals surface area contributed by atoms with Gasteiger partial charge >= 0.3 is 0 Å². The van der Waals surface area contributed by atoms with E-state index in [1.165, 1.54) is 0 Å². The minimum atomic E-state index is 0.0112. The molecule has 0 bridgehead atoms. The molecule has 1 aliphatic heterocycles. The van der Waals surface area contributed by atoms with Gasteiger partial charge in [0.2, 0.25) is 5.91 Å². The maximum Gasteiger partial charge on any atom is 0.238 e. The number of carbonyl (C=O) groups is 1. The molecule has 0 saturated carbocycles. The monoisotopic (exact) mass is 436 g/mol. The summed E-state index contributed by atoms with van der Waals surface area (Å²) in [5.41, 5.74) is 1.99. The van der Waals surface area contributed by atoms with E-state index in [4.69, 9.17) is 4.74 Å². The molecule has 1 saturated heterocycles. The fourth-order valence-corrected chi connectivity index (χ4v) is 3.32. The highest BCUT2D eigenvalue weighted by atomic mass is 127. The van der Waals surface area contributed by atoms with Gasteiger partial charge in [-0.15, -0.1) is 0 Å². The van der Waals surface area contributed by atoms with Gasteiger partial charge in [-0.2, -0.15) is 0 Å². The summed E-state index contributed by atoms with van der Waals surface area (Å²) < 4.78 is 7.19. The molecular formula is C19H21IN2O2. The Balaban J connectivity index is 1.59. The predicted molar refractivity (Wildman–Crippen MR) is 104 cm³/mol. The molecule has 2 aromatic rings. The second-order valence-corrected chi connectivity index (χ2v) is 7.34. The van der Waals surface area contributed by atoms with Crippen LogP contribution in [0.1, 0.15) is 18.6 Å². The zero-order valence-corrected chi connectivity index (χ0v) is 15.8. The standard InChI is InChI=1S/C19H21IN2O2/c1-14-11-22(12-18(24-14)15-5-3-2-4-6-15)13-19(23)21-17-9-7-16(20)8-10-17/h2-10,14,18H,11-13H2,1H3,(H,21,23). The van der Waals surface area contributed by atoms with Crippen LogP contribution in [0.15, 0.2) is 54.6 Å². The zero-order valence-electron chi connectivity index (χ0n) is 13.6. The SMILES string of the molecule is CC1CN(CC(=O)Nc2ccc(I)cc2)CC(c2ccccc2)O1. The normalized spacial score (nSPS) is 21.4. The van der Waals surface area contributed by atoms with Gasteiger partial charge in [0, 0.05) is 22.3 Å². The van der Waals surface area contributed by atoms with E-state index in [9.17, 15) is 4.79 Å². The van der Waals surface area contributed by atoms with E-state index in [1.54, 1.807) is 0 Å². The number of benzene rings is 2. The van der Waals surface area contributed by atoms with Gasteiger partial charge < -0.3 is 10.1 Å². The highest BCUT2D eigenvalue weighted by Crippen LogP contribution is 2.24. The lowest BCUT2D eigenvalue weighted by Gasteiger charge is -2.36. The second-order valence-electron chi connectivity index (χ2n) is 6.10. The van der Waals surface area contributed by atoms with Crippen molar-refractivity contribution in [2.75, 3.05) is 25.0 Å². The topological polar surface area (TPSA) is 41.6 Å². The molecule has 4 nitrogen and oxygen atoms in total. The molecule has 1 N–H and O–H groups in total. The van der Waals surface area contributed by atoms with Gasteiger partial charge in [-0.3, -0.25) is 9.69 Å². The van der Waals surface area contributed by atoms with Crippen LogP contribution in [0, 0.1) is 3.57 Å². The molecule has 24 heavy (non-hydrogen) atoms. The van der Waals surface area contributed by atoms with Crippen molar-refractivity contribution in [3.8, 4) is 0 Å². The lowest BCUT2D eigenvalue weighted by Crippen LogP contribution is -2.46. The first-order valence-corrected chi connectivity index (χ1v) is 9.16. The molecule has 1 amide bonds. The lowest BCUT2D eigenvalue weighted by atomic mass is 10.1. The summed E-state index contributed by atoms with van der Waals surface area (Å²) in [5.74, 6) is 0.0112. The molecule has 1 aliphatic rings. The Morgan fingerprint density at radius 2 is 1.88 bits per heavy atom. The quantitative estimate of drug-likeness (QED) is 0.744. The van der Waals surface area contributed by atoms with E-state index < -0.39 is 0 Å². The number of halogens is 1. The van der Waals surface area contributed by atoms with Crippen molar-refractivity contribution in [1.82, 2.24) is 4.90 Å². The smallest absolute Gasteiger partial charge is 0.238 e. The number of hydrogen-bond donors (Lipinski definition) is 1. The molecule has 0 aromatic heterocycles. The fraction of sp³-hybridized carbons (Fsp3) is 0.316. The maximum absolute atomic E-state index is 12.3. The third-order valence-electron chi connectivity index (χ3n) is 4.00. The van der Waals surface area contributed by atoms with Gasteiger partial charge in [0.1, 0.15) is 0 Å². The van der Waals surface area contributed by atoms with Gasteiger partial charge in [0.05, 0.1) is 18.8 Å². The van der Waals surface area contributed by atoms with Crippen LogP contribution in [0.3, 0.4) is 0 Å². The van der Waals surface area contributed by atoms with Crippen molar-refractivity contribution in [3.63, 3.8) is 0 Å². The summed E-state index contributed by atoms with van der Waals surface area (Å²) in [6.45, 7) is 3.93. The van der Waals surface area contributed by atoms with Gasteiger partial charge in [0.25, 0.3) is 0 Å². The van der Waals surface area contributed by atoms with E-state index in [0.29, 0.717) is 6.54 Å². The number of nitrogens with zero attached hydrogens (tertiary/aromatic N) is 1. The van der Waals surface area contributed by atoms with Crippen molar-refractivity contribution in [2.24, 2.45) is 0 Å². The Hall–Kier alpha value is -1.44. The highest BCUT2D eigenvalue weighted by molar-refractivity contribution is 14.1. The van der Waals surface area contributed by atoms with E-state index in [2.05, 4.69) is 51.9 Å². The average molecular weight is 436 g/mol. The number of carbonyl (C=O) groups excluding carboxylic acids is 1. The zero-order chi connectivity index (χ0) is 16.9. The fourth-order valence-electron chi connectivity index (χ4n) is 2.96. The summed E-state index contributed by atoms with van der Waals surface area (Å²) in [6.07, 6.45) is 0.121. The second kappa shape index (κ2) is 8.09. The average Bonchev–Trinajstić information content (AvgIpc) is 2.57. The van der Waals surface area contributed by atoms with Crippen LogP contribution in [-0.4, -0.2) is 36.5 Å². The number of morpholine rings is 1. The molecule has 2 aromatic carbocycles. The number of rotatable bonds is 4. The molecule has 1 heterocycles. The molecule has 0 radical (unpaired) electrons. The summed E-state index contributed by atoms with van der Waals surface area (Å²) in [7, 11) is 0. The molecule has 2 atom stereocenters. The third kappa shape index (κ3) is 4.78. The van der Waals surface area contributed by atoms with Crippen LogP contribution in [0.25, 0.3) is 0 Å². The molecule has 0 aliphatic carbocycles. The molecule has 3 rings (SSSR count). The minimum absolute atomic E-state index is 0.0112. The van der Waals surface area contributed by atoms with Crippen molar-refractivity contribution in [3.05, 3.63) is 63.7 Å². The predicted octanol–water partition coefficient (Wildman–Crippen LogP) is 3.69. The van der Waals surface area contributed by atoms with E-state index in [1.807, 2.05) is 42.5 Å². The van der Waals surface area contributed by atoms with Crippen LogP contribution >= 0.6 is 22.6 Å². The van der Waals surface area contributed by atoms with Crippen molar-refractivity contribution < 1.29 is 9.53 Å². The largest absolute Gasteiger partial charge is 0.368 e. The van der Waals surface area contributed by atoms with Crippen LogP contribution < -0.4 is 5.32 Å².